The Balaban J connectivity index is 1.73. The van der Waals surface area contributed by atoms with Crippen LogP contribution in [-0.2, 0) is 6.54 Å². The van der Waals surface area contributed by atoms with Gasteiger partial charge >= 0.3 is 0 Å². The Morgan fingerprint density at radius 2 is 1.80 bits per heavy atom. The first kappa shape index (κ1) is 13.7. The maximum Gasteiger partial charge on any atom is 0.165 e. The van der Waals surface area contributed by atoms with Gasteiger partial charge in [-0.05, 0) is 16.9 Å². The molecule has 0 unspecified atom stereocenters. The third-order valence-electron chi connectivity index (χ3n) is 5.37. The van der Waals surface area contributed by atoms with E-state index in [-0.39, 0.29) is 0 Å². The van der Waals surface area contributed by atoms with E-state index in [4.69, 9.17) is 9.47 Å². The maximum atomic E-state index is 5.87. The van der Waals surface area contributed by atoms with E-state index in [1.165, 1.54) is 5.56 Å². The average molecular weight is 275 g/mol. The van der Waals surface area contributed by atoms with E-state index < -0.39 is 0 Å². The zero-order valence-corrected chi connectivity index (χ0v) is 13.0. The van der Waals surface area contributed by atoms with Crippen LogP contribution < -0.4 is 14.8 Å². The second kappa shape index (κ2) is 4.66. The van der Waals surface area contributed by atoms with Gasteiger partial charge in [0, 0.05) is 24.6 Å². The Bertz CT molecular complexity index is 494. The van der Waals surface area contributed by atoms with Crippen molar-refractivity contribution < 1.29 is 9.47 Å². The molecule has 0 saturated heterocycles. The van der Waals surface area contributed by atoms with Crippen LogP contribution in [0.5, 0.6) is 11.5 Å². The van der Waals surface area contributed by atoms with E-state index in [1.54, 1.807) is 0 Å². The van der Waals surface area contributed by atoms with Crippen LogP contribution in [0, 0.1) is 10.8 Å². The highest BCUT2D eigenvalue weighted by molar-refractivity contribution is 5.47. The molecule has 1 fully saturated rings. The number of para-hydroxylation sites is 1. The van der Waals surface area contributed by atoms with Crippen molar-refractivity contribution >= 4 is 0 Å². The second-order valence-corrected chi connectivity index (χ2v) is 7.05. The van der Waals surface area contributed by atoms with Gasteiger partial charge in [0.2, 0.25) is 0 Å². The molecule has 0 radical (unpaired) electrons. The van der Waals surface area contributed by atoms with Crippen LogP contribution in [0.1, 0.15) is 39.7 Å². The number of benzene rings is 1. The monoisotopic (exact) mass is 275 g/mol. The summed E-state index contributed by atoms with van der Waals surface area (Å²) < 4.78 is 11.6. The van der Waals surface area contributed by atoms with Crippen molar-refractivity contribution in [3.63, 3.8) is 0 Å². The zero-order valence-electron chi connectivity index (χ0n) is 13.0. The number of ether oxygens (including phenoxy) is 2. The quantitative estimate of drug-likeness (QED) is 0.917. The largest absolute Gasteiger partial charge is 0.490 e. The molecular weight excluding hydrogens is 250 g/mol. The lowest BCUT2D eigenvalue weighted by Crippen LogP contribution is -2.22. The number of rotatable bonds is 3. The first-order valence-corrected chi connectivity index (χ1v) is 7.55. The lowest BCUT2D eigenvalue weighted by atomic mass is 10.0. The molecule has 0 atom stereocenters. The summed E-state index contributed by atoms with van der Waals surface area (Å²) >= 11 is 0. The molecule has 1 N–H and O–H groups in total. The standard InChI is InChI=1S/C17H25NO2/c1-16(2)15(17(16,3)4)18-11-12-7-5-8-13-14(12)20-10-6-9-19-13/h5,7-8,15,18H,6,9-11H2,1-4H3. The van der Waals surface area contributed by atoms with E-state index in [0.717, 1.165) is 37.7 Å². The van der Waals surface area contributed by atoms with Crippen LogP contribution in [0.4, 0.5) is 0 Å². The Hall–Kier alpha value is -1.22. The lowest BCUT2D eigenvalue weighted by molar-refractivity contribution is 0.296. The fourth-order valence-electron chi connectivity index (χ4n) is 3.31. The minimum absolute atomic E-state index is 0.357. The molecule has 0 spiro atoms. The molecule has 1 aliphatic carbocycles. The fourth-order valence-corrected chi connectivity index (χ4v) is 3.31. The molecule has 1 saturated carbocycles. The van der Waals surface area contributed by atoms with Gasteiger partial charge in [0.25, 0.3) is 0 Å². The summed E-state index contributed by atoms with van der Waals surface area (Å²) in [6.45, 7) is 11.6. The van der Waals surface area contributed by atoms with Crippen LogP contribution in [0.15, 0.2) is 18.2 Å². The summed E-state index contributed by atoms with van der Waals surface area (Å²) in [4.78, 5) is 0. The van der Waals surface area contributed by atoms with Gasteiger partial charge < -0.3 is 14.8 Å². The molecule has 20 heavy (non-hydrogen) atoms. The first-order valence-electron chi connectivity index (χ1n) is 7.55. The topological polar surface area (TPSA) is 30.5 Å². The normalized spacial score (nSPS) is 23.2. The summed E-state index contributed by atoms with van der Waals surface area (Å²) in [5.74, 6) is 1.81. The highest BCUT2D eigenvalue weighted by Crippen LogP contribution is 2.62. The lowest BCUT2D eigenvalue weighted by Gasteiger charge is -2.13. The summed E-state index contributed by atoms with van der Waals surface area (Å²) in [7, 11) is 0. The molecule has 0 aromatic heterocycles. The third kappa shape index (κ3) is 2.08. The van der Waals surface area contributed by atoms with Gasteiger partial charge in [-0.15, -0.1) is 0 Å². The molecule has 110 valence electrons. The number of fused-ring (bicyclic) bond motifs is 1. The van der Waals surface area contributed by atoms with Crippen molar-refractivity contribution in [2.24, 2.45) is 10.8 Å². The Morgan fingerprint density at radius 3 is 2.50 bits per heavy atom. The smallest absolute Gasteiger partial charge is 0.165 e. The Kier molecular flexibility index (Phi) is 3.20. The minimum atomic E-state index is 0.357. The fraction of sp³-hybridized carbons (Fsp3) is 0.647. The minimum Gasteiger partial charge on any atom is -0.490 e. The number of nitrogens with one attached hydrogen (secondary N) is 1. The van der Waals surface area contributed by atoms with Crippen LogP contribution in [0.2, 0.25) is 0 Å². The third-order valence-corrected chi connectivity index (χ3v) is 5.37. The van der Waals surface area contributed by atoms with Gasteiger partial charge in [-0.1, -0.05) is 39.8 Å². The van der Waals surface area contributed by atoms with Gasteiger partial charge in [-0.3, -0.25) is 0 Å². The number of hydrogen-bond donors (Lipinski definition) is 1. The van der Waals surface area contributed by atoms with Gasteiger partial charge in [-0.25, -0.2) is 0 Å². The second-order valence-electron chi connectivity index (χ2n) is 7.05. The SMILES string of the molecule is CC1(C)C(NCc2cccc3c2OCCCO3)C1(C)C. The summed E-state index contributed by atoms with van der Waals surface area (Å²) in [6, 6.07) is 6.73. The molecule has 3 heteroatoms. The van der Waals surface area contributed by atoms with Gasteiger partial charge in [-0.2, -0.15) is 0 Å². The summed E-state index contributed by atoms with van der Waals surface area (Å²) in [5, 5.41) is 3.69. The predicted octanol–water partition coefficient (Wildman–Crippen LogP) is 3.37. The van der Waals surface area contributed by atoms with Crippen molar-refractivity contribution in [3.8, 4) is 11.5 Å². The van der Waals surface area contributed by atoms with Crippen LogP contribution >= 0.6 is 0 Å². The van der Waals surface area contributed by atoms with E-state index >= 15 is 0 Å². The molecule has 1 heterocycles. The average Bonchev–Trinajstić information content (AvgIpc) is 2.91. The molecule has 0 bridgehead atoms. The van der Waals surface area contributed by atoms with Crippen molar-refractivity contribution in [1.82, 2.24) is 5.32 Å². The van der Waals surface area contributed by atoms with E-state index in [0.29, 0.717) is 16.9 Å². The van der Waals surface area contributed by atoms with E-state index in [2.05, 4.69) is 39.1 Å². The molecule has 3 rings (SSSR count). The van der Waals surface area contributed by atoms with E-state index in [1.807, 2.05) is 12.1 Å². The van der Waals surface area contributed by atoms with E-state index in [9.17, 15) is 0 Å². The molecular formula is C17H25NO2. The van der Waals surface area contributed by atoms with Crippen LogP contribution in [0.3, 0.4) is 0 Å². The highest BCUT2D eigenvalue weighted by atomic mass is 16.5. The van der Waals surface area contributed by atoms with Crippen molar-refractivity contribution in [2.75, 3.05) is 13.2 Å². The Morgan fingerprint density at radius 1 is 1.10 bits per heavy atom. The van der Waals surface area contributed by atoms with Gasteiger partial charge in [0.1, 0.15) is 0 Å². The van der Waals surface area contributed by atoms with Crippen molar-refractivity contribution in [2.45, 2.75) is 46.7 Å². The summed E-state index contributed by atoms with van der Waals surface area (Å²) in [5.41, 5.74) is 1.91. The van der Waals surface area contributed by atoms with Gasteiger partial charge in [0.15, 0.2) is 11.5 Å². The molecule has 3 nitrogen and oxygen atoms in total. The van der Waals surface area contributed by atoms with Gasteiger partial charge in [0.05, 0.1) is 13.2 Å². The summed E-state index contributed by atoms with van der Waals surface area (Å²) in [6.07, 6.45) is 0.949. The highest BCUT2D eigenvalue weighted by Gasteiger charge is 2.64. The number of hydrogen-bond acceptors (Lipinski definition) is 3. The Labute approximate surface area is 121 Å². The molecule has 2 aliphatic rings. The van der Waals surface area contributed by atoms with Crippen molar-refractivity contribution in [1.29, 1.82) is 0 Å². The maximum absolute atomic E-state index is 5.87. The van der Waals surface area contributed by atoms with Crippen molar-refractivity contribution in [3.05, 3.63) is 23.8 Å². The molecule has 1 aliphatic heterocycles. The van der Waals surface area contributed by atoms with Crippen LogP contribution in [-0.4, -0.2) is 19.3 Å². The zero-order chi connectivity index (χ0) is 14.4. The molecule has 1 aromatic rings. The predicted molar refractivity (Wildman–Crippen MR) is 80.2 cm³/mol. The van der Waals surface area contributed by atoms with Crippen LogP contribution in [0.25, 0.3) is 0 Å². The molecule has 1 aromatic carbocycles. The first-order chi connectivity index (χ1) is 9.44. The molecule has 0 amide bonds.